The lowest BCUT2D eigenvalue weighted by molar-refractivity contribution is 0.475. The third-order valence-electron chi connectivity index (χ3n) is 3.68. The van der Waals surface area contributed by atoms with Gasteiger partial charge in [-0.05, 0) is 37.6 Å². The van der Waals surface area contributed by atoms with Crippen molar-refractivity contribution in [2.24, 2.45) is 0 Å². The second-order valence-corrected chi connectivity index (χ2v) is 4.77. The van der Waals surface area contributed by atoms with Crippen LogP contribution in [-0.2, 0) is 6.54 Å². The van der Waals surface area contributed by atoms with Crippen LogP contribution in [0.15, 0.2) is 48.5 Å². The summed E-state index contributed by atoms with van der Waals surface area (Å²) in [7, 11) is 0. The molecule has 19 heavy (non-hydrogen) atoms. The molecular formula is C17H17NO. The van der Waals surface area contributed by atoms with Crippen molar-refractivity contribution in [3.8, 4) is 16.9 Å². The van der Waals surface area contributed by atoms with Crippen LogP contribution >= 0.6 is 0 Å². The van der Waals surface area contributed by atoms with Crippen molar-refractivity contribution in [3.05, 3.63) is 54.2 Å². The molecule has 0 spiro atoms. The molecule has 0 bridgehead atoms. The van der Waals surface area contributed by atoms with Crippen molar-refractivity contribution in [1.29, 1.82) is 0 Å². The number of hydrogen-bond acceptors (Lipinski definition) is 1. The van der Waals surface area contributed by atoms with Crippen LogP contribution in [0.25, 0.3) is 22.0 Å². The Morgan fingerprint density at radius 3 is 2.58 bits per heavy atom. The second-order valence-electron chi connectivity index (χ2n) is 4.77. The quantitative estimate of drug-likeness (QED) is 0.720. The molecule has 0 aliphatic carbocycles. The molecular weight excluding hydrogens is 234 g/mol. The van der Waals surface area contributed by atoms with Crippen molar-refractivity contribution >= 4 is 10.9 Å². The van der Waals surface area contributed by atoms with E-state index in [-0.39, 0.29) is 0 Å². The zero-order valence-electron chi connectivity index (χ0n) is 11.2. The van der Waals surface area contributed by atoms with Gasteiger partial charge in [0.2, 0.25) is 0 Å². The molecule has 0 saturated heterocycles. The molecule has 0 atom stereocenters. The minimum atomic E-state index is 0.310. The van der Waals surface area contributed by atoms with Crippen LogP contribution in [0.4, 0.5) is 0 Å². The topological polar surface area (TPSA) is 25.2 Å². The van der Waals surface area contributed by atoms with Crippen LogP contribution < -0.4 is 0 Å². The van der Waals surface area contributed by atoms with E-state index in [1.807, 2.05) is 12.1 Å². The standard InChI is InChI=1S/C17H17NO/c1-3-18-12(2)17(13-7-6-8-14(19)11-13)15-9-4-5-10-16(15)18/h4-11,19H,3H2,1-2H3. The summed E-state index contributed by atoms with van der Waals surface area (Å²) in [6, 6.07) is 15.9. The molecule has 0 aliphatic heterocycles. The fraction of sp³-hybridized carbons (Fsp3) is 0.176. The fourth-order valence-corrected chi connectivity index (χ4v) is 2.86. The van der Waals surface area contributed by atoms with Crippen LogP contribution in [0, 0.1) is 6.92 Å². The molecule has 0 saturated carbocycles. The van der Waals surface area contributed by atoms with Gasteiger partial charge in [-0.15, -0.1) is 0 Å². The summed E-state index contributed by atoms with van der Waals surface area (Å²) >= 11 is 0. The lowest BCUT2D eigenvalue weighted by atomic mass is 10.0. The lowest BCUT2D eigenvalue weighted by Crippen LogP contribution is -1.96. The van der Waals surface area contributed by atoms with Crippen LogP contribution in [0.3, 0.4) is 0 Å². The van der Waals surface area contributed by atoms with Crippen molar-refractivity contribution in [3.63, 3.8) is 0 Å². The monoisotopic (exact) mass is 251 g/mol. The van der Waals surface area contributed by atoms with E-state index in [0.29, 0.717) is 5.75 Å². The normalized spacial score (nSPS) is 11.1. The van der Waals surface area contributed by atoms with E-state index in [0.717, 1.165) is 12.1 Å². The minimum absolute atomic E-state index is 0.310. The summed E-state index contributed by atoms with van der Waals surface area (Å²) in [6.07, 6.45) is 0. The first-order valence-electron chi connectivity index (χ1n) is 6.59. The number of hydrogen-bond donors (Lipinski definition) is 1. The maximum Gasteiger partial charge on any atom is 0.116 e. The van der Waals surface area contributed by atoms with Crippen molar-refractivity contribution in [2.75, 3.05) is 0 Å². The predicted octanol–water partition coefficient (Wildman–Crippen LogP) is 4.34. The Hall–Kier alpha value is -2.22. The Morgan fingerprint density at radius 1 is 1.05 bits per heavy atom. The Kier molecular flexibility index (Phi) is 2.79. The Balaban J connectivity index is 2.38. The number of aromatic hydroxyl groups is 1. The Bertz CT molecular complexity index is 740. The number of para-hydroxylation sites is 1. The molecule has 0 radical (unpaired) electrons. The zero-order valence-corrected chi connectivity index (χ0v) is 11.2. The molecule has 2 heteroatoms. The molecule has 2 aromatic carbocycles. The zero-order chi connectivity index (χ0) is 13.4. The van der Waals surface area contributed by atoms with E-state index in [2.05, 4.69) is 48.7 Å². The number of benzene rings is 2. The number of fused-ring (bicyclic) bond motifs is 1. The van der Waals surface area contributed by atoms with E-state index in [9.17, 15) is 5.11 Å². The van der Waals surface area contributed by atoms with Gasteiger partial charge < -0.3 is 9.67 Å². The summed E-state index contributed by atoms with van der Waals surface area (Å²) in [5.41, 5.74) is 4.78. The number of phenols is 1. The summed E-state index contributed by atoms with van der Waals surface area (Å²) in [6.45, 7) is 5.25. The third-order valence-corrected chi connectivity index (χ3v) is 3.68. The first-order valence-corrected chi connectivity index (χ1v) is 6.59. The molecule has 3 rings (SSSR count). The van der Waals surface area contributed by atoms with E-state index < -0.39 is 0 Å². The summed E-state index contributed by atoms with van der Waals surface area (Å²) < 4.78 is 2.31. The van der Waals surface area contributed by atoms with E-state index >= 15 is 0 Å². The highest BCUT2D eigenvalue weighted by Gasteiger charge is 2.14. The highest BCUT2D eigenvalue weighted by Crippen LogP contribution is 2.35. The summed E-state index contributed by atoms with van der Waals surface area (Å²) in [5.74, 6) is 0.310. The molecule has 1 N–H and O–H groups in total. The first-order chi connectivity index (χ1) is 9.22. The predicted molar refractivity (Wildman–Crippen MR) is 79.4 cm³/mol. The highest BCUT2D eigenvalue weighted by molar-refractivity contribution is 5.98. The molecule has 1 aromatic heterocycles. The molecule has 96 valence electrons. The number of rotatable bonds is 2. The van der Waals surface area contributed by atoms with Crippen molar-refractivity contribution in [1.82, 2.24) is 4.57 Å². The molecule has 0 unspecified atom stereocenters. The Morgan fingerprint density at radius 2 is 1.84 bits per heavy atom. The maximum atomic E-state index is 9.69. The van der Waals surface area contributed by atoms with Gasteiger partial charge in [-0.2, -0.15) is 0 Å². The molecule has 3 aromatic rings. The average molecular weight is 251 g/mol. The number of phenolic OH excluding ortho intramolecular Hbond substituents is 1. The Labute approximate surface area is 112 Å². The maximum absolute atomic E-state index is 9.69. The van der Waals surface area contributed by atoms with Gasteiger partial charge in [0.1, 0.15) is 5.75 Å². The number of nitrogens with zero attached hydrogens (tertiary/aromatic N) is 1. The van der Waals surface area contributed by atoms with Crippen LogP contribution in [0.1, 0.15) is 12.6 Å². The first kappa shape index (κ1) is 11.8. The van der Waals surface area contributed by atoms with Gasteiger partial charge in [-0.25, -0.2) is 0 Å². The third kappa shape index (κ3) is 1.80. The number of aryl methyl sites for hydroxylation is 1. The SMILES string of the molecule is CCn1c(C)c(-c2cccc(O)c2)c2ccccc21. The molecule has 1 heterocycles. The van der Waals surface area contributed by atoms with E-state index in [4.69, 9.17) is 0 Å². The van der Waals surface area contributed by atoms with Crippen molar-refractivity contribution < 1.29 is 5.11 Å². The van der Waals surface area contributed by atoms with Gasteiger partial charge in [0.25, 0.3) is 0 Å². The van der Waals surface area contributed by atoms with Crippen LogP contribution in [0.2, 0.25) is 0 Å². The molecule has 2 nitrogen and oxygen atoms in total. The average Bonchev–Trinajstić information content (AvgIpc) is 2.70. The van der Waals surface area contributed by atoms with Gasteiger partial charge in [0, 0.05) is 28.7 Å². The van der Waals surface area contributed by atoms with Crippen LogP contribution in [-0.4, -0.2) is 9.67 Å². The molecule has 0 aliphatic rings. The number of aromatic nitrogens is 1. The van der Waals surface area contributed by atoms with Gasteiger partial charge in [0.15, 0.2) is 0 Å². The van der Waals surface area contributed by atoms with Crippen molar-refractivity contribution in [2.45, 2.75) is 20.4 Å². The van der Waals surface area contributed by atoms with Gasteiger partial charge in [-0.3, -0.25) is 0 Å². The summed E-state index contributed by atoms with van der Waals surface area (Å²) in [5, 5.41) is 10.9. The minimum Gasteiger partial charge on any atom is -0.508 e. The second kappa shape index (κ2) is 4.47. The van der Waals surface area contributed by atoms with E-state index in [1.165, 1.54) is 22.2 Å². The highest BCUT2D eigenvalue weighted by atomic mass is 16.3. The molecule has 0 amide bonds. The van der Waals surface area contributed by atoms with E-state index in [1.54, 1.807) is 6.07 Å². The van der Waals surface area contributed by atoms with Gasteiger partial charge in [0.05, 0.1) is 0 Å². The fourth-order valence-electron chi connectivity index (χ4n) is 2.86. The smallest absolute Gasteiger partial charge is 0.116 e. The largest absolute Gasteiger partial charge is 0.508 e. The van der Waals surface area contributed by atoms with Gasteiger partial charge in [-0.1, -0.05) is 30.3 Å². The van der Waals surface area contributed by atoms with Crippen LogP contribution in [0.5, 0.6) is 5.75 Å². The lowest BCUT2D eigenvalue weighted by Gasteiger charge is -2.05. The molecule has 0 fully saturated rings. The van der Waals surface area contributed by atoms with Gasteiger partial charge >= 0.3 is 0 Å². The summed E-state index contributed by atoms with van der Waals surface area (Å²) in [4.78, 5) is 0.